The number of nitrogens with one attached hydrogen (secondary N) is 1. The van der Waals surface area contributed by atoms with Crippen molar-refractivity contribution in [3.8, 4) is 0 Å². The molecule has 2 N–H and O–H groups in total. The lowest BCUT2D eigenvalue weighted by molar-refractivity contribution is -0.120. The second kappa shape index (κ2) is 6.48. The van der Waals surface area contributed by atoms with Gasteiger partial charge in [0.2, 0.25) is 5.91 Å². The first-order chi connectivity index (χ1) is 8.15. The Balaban J connectivity index is 2.64. The minimum atomic E-state index is -1.01. The smallest absolute Gasteiger partial charge is 0.335 e. The summed E-state index contributed by atoms with van der Waals surface area (Å²) >= 11 is 0. The molecule has 0 saturated carbocycles. The van der Waals surface area contributed by atoms with Crippen LogP contribution in [-0.2, 0) is 11.2 Å². The summed E-state index contributed by atoms with van der Waals surface area (Å²) in [5.74, 6) is -1.19. The molecule has 1 aromatic rings. The highest BCUT2D eigenvalue weighted by Gasteiger charge is 2.11. The quantitative estimate of drug-likeness (QED) is 0.579. The van der Waals surface area contributed by atoms with Crippen molar-refractivity contribution in [1.82, 2.24) is 5.32 Å². The van der Waals surface area contributed by atoms with Crippen molar-refractivity contribution in [3.63, 3.8) is 0 Å². The van der Waals surface area contributed by atoms with Crippen LogP contribution < -0.4 is 5.32 Å². The third kappa shape index (κ3) is 4.10. The lowest BCUT2D eigenvalue weighted by Crippen LogP contribution is -2.26. The van der Waals surface area contributed by atoms with Gasteiger partial charge in [-0.1, -0.05) is 24.3 Å². The monoisotopic (exact) mass is 233 g/mol. The molecule has 0 heterocycles. The molecule has 90 valence electrons. The lowest BCUT2D eigenvalue weighted by atomic mass is 10.0. The van der Waals surface area contributed by atoms with E-state index in [1.165, 1.54) is 6.07 Å². The van der Waals surface area contributed by atoms with Crippen LogP contribution in [0.3, 0.4) is 0 Å². The third-order valence-electron chi connectivity index (χ3n) is 2.27. The molecule has 17 heavy (non-hydrogen) atoms. The van der Waals surface area contributed by atoms with Crippen molar-refractivity contribution in [3.05, 3.63) is 48.0 Å². The van der Waals surface area contributed by atoms with Gasteiger partial charge in [0.15, 0.2) is 0 Å². The maximum atomic E-state index is 11.5. The minimum absolute atomic E-state index is 0.0830. The van der Waals surface area contributed by atoms with E-state index in [9.17, 15) is 9.59 Å². The van der Waals surface area contributed by atoms with E-state index in [0.717, 1.165) is 0 Å². The fourth-order valence-corrected chi connectivity index (χ4v) is 1.43. The fourth-order valence-electron chi connectivity index (χ4n) is 1.43. The zero-order chi connectivity index (χ0) is 12.7. The van der Waals surface area contributed by atoms with E-state index in [-0.39, 0.29) is 17.9 Å². The van der Waals surface area contributed by atoms with Gasteiger partial charge in [-0.25, -0.2) is 4.79 Å². The van der Waals surface area contributed by atoms with Crippen LogP contribution in [-0.4, -0.2) is 23.5 Å². The van der Waals surface area contributed by atoms with Gasteiger partial charge in [0, 0.05) is 6.54 Å². The zero-order valence-corrected chi connectivity index (χ0v) is 9.48. The van der Waals surface area contributed by atoms with Crippen LogP contribution in [0.4, 0.5) is 0 Å². The average molecular weight is 233 g/mol. The Morgan fingerprint density at radius 1 is 1.35 bits per heavy atom. The first-order valence-electron chi connectivity index (χ1n) is 5.34. The highest BCUT2D eigenvalue weighted by Crippen LogP contribution is 2.09. The summed E-state index contributed by atoms with van der Waals surface area (Å²) in [6.07, 6.45) is 2.50. The summed E-state index contributed by atoms with van der Waals surface area (Å²) in [7, 11) is 0. The Kier molecular flexibility index (Phi) is 4.94. The molecule has 0 aliphatic rings. The lowest BCUT2D eigenvalue weighted by Gasteiger charge is -2.06. The number of carboxylic acids is 1. The Morgan fingerprint density at radius 3 is 2.71 bits per heavy atom. The van der Waals surface area contributed by atoms with Gasteiger partial charge in [-0.05, 0) is 18.1 Å². The maximum Gasteiger partial charge on any atom is 0.335 e. The van der Waals surface area contributed by atoms with Gasteiger partial charge in [0.25, 0.3) is 0 Å². The van der Waals surface area contributed by atoms with E-state index in [1.54, 1.807) is 24.3 Å². The van der Waals surface area contributed by atoms with Gasteiger partial charge >= 0.3 is 5.97 Å². The molecule has 0 saturated heterocycles. The molecule has 1 rings (SSSR count). The van der Waals surface area contributed by atoms with Gasteiger partial charge in [0.1, 0.15) is 0 Å². The van der Waals surface area contributed by atoms with Crippen molar-refractivity contribution in [2.45, 2.75) is 12.8 Å². The molecule has 0 spiro atoms. The molecule has 1 aromatic carbocycles. The van der Waals surface area contributed by atoms with Gasteiger partial charge in [-0.3, -0.25) is 4.79 Å². The molecule has 4 nitrogen and oxygen atoms in total. The predicted molar refractivity (Wildman–Crippen MR) is 64.9 cm³/mol. The number of carbonyl (C=O) groups excluding carboxylic acids is 1. The first-order valence-corrected chi connectivity index (χ1v) is 5.34. The number of amides is 1. The van der Waals surface area contributed by atoms with E-state index in [2.05, 4.69) is 11.9 Å². The standard InChI is InChI=1S/C13H15NO3/c1-2-3-8-14-12(15)9-10-6-4-5-7-11(10)13(16)17/h2,4-7H,1,3,8-9H2,(H,14,15)(H,16,17). The Hall–Kier alpha value is -2.10. The van der Waals surface area contributed by atoms with Crippen molar-refractivity contribution in [1.29, 1.82) is 0 Å². The molecule has 4 heteroatoms. The van der Waals surface area contributed by atoms with E-state index in [0.29, 0.717) is 18.5 Å². The third-order valence-corrected chi connectivity index (χ3v) is 2.27. The number of carboxylic acid groups (broad SMARTS) is 1. The largest absolute Gasteiger partial charge is 0.478 e. The molecule has 0 atom stereocenters. The molecule has 0 radical (unpaired) electrons. The second-order valence-corrected chi connectivity index (χ2v) is 3.57. The van der Waals surface area contributed by atoms with Crippen molar-refractivity contribution >= 4 is 11.9 Å². The Morgan fingerprint density at radius 2 is 2.06 bits per heavy atom. The van der Waals surface area contributed by atoms with Crippen molar-refractivity contribution < 1.29 is 14.7 Å². The topological polar surface area (TPSA) is 66.4 Å². The molecule has 0 aromatic heterocycles. The van der Waals surface area contributed by atoms with E-state index in [4.69, 9.17) is 5.11 Å². The van der Waals surface area contributed by atoms with Crippen LogP contribution in [0.1, 0.15) is 22.3 Å². The summed E-state index contributed by atoms with van der Waals surface area (Å²) in [6.45, 7) is 4.08. The Bertz CT molecular complexity index is 426. The normalized spacial score (nSPS) is 9.65. The zero-order valence-electron chi connectivity index (χ0n) is 9.48. The molecule has 0 aliphatic carbocycles. The molecule has 0 aliphatic heterocycles. The van der Waals surface area contributed by atoms with E-state index in [1.807, 2.05) is 0 Å². The fraction of sp³-hybridized carbons (Fsp3) is 0.231. The molecule has 0 unspecified atom stereocenters. The summed E-state index contributed by atoms with van der Waals surface area (Å²) < 4.78 is 0. The highest BCUT2D eigenvalue weighted by atomic mass is 16.4. The summed E-state index contributed by atoms with van der Waals surface area (Å²) in [5, 5.41) is 11.6. The maximum absolute atomic E-state index is 11.5. The minimum Gasteiger partial charge on any atom is -0.478 e. The molecular weight excluding hydrogens is 218 g/mol. The summed E-state index contributed by atoms with van der Waals surface area (Å²) in [4.78, 5) is 22.4. The molecular formula is C13H15NO3. The summed E-state index contributed by atoms with van der Waals surface area (Å²) in [5.41, 5.74) is 0.697. The highest BCUT2D eigenvalue weighted by molar-refractivity contribution is 5.91. The molecule has 1 amide bonds. The second-order valence-electron chi connectivity index (χ2n) is 3.57. The van der Waals surface area contributed by atoms with Gasteiger partial charge in [-0.2, -0.15) is 0 Å². The SMILES string of the molecule is C=CCCNC(=O)Cc1ccccc1C(=O)O. The predicted octanol–water partition coefficient (Wildman–Crippen LogP) is 1.62. The average Bonchev–Trinajstić information content (AvgIpc) is 2.29. The van der Waals surface area contributed by atoms with Gasteiger partial charge in [-0.15, -0.1) is 6.58 Å². The van der Waals surface area contributed by atoms with Crippen LogP contribution in [0.5, 0.6) is 0 Å². The first kappa shape index (κ1) is 13.0. The Labute approximate surface area is 100.0 Å². The van der Waals surface area contributed by atoms with Crippen LogP contribution in [0, 0.1) is 0 Å². The van der Waals surface area contributed by atoms with Crippen LogP contribution in [0.15, 0.2) is 36.9 Å². The number of hydrogen-bond acceptors (Lipinski definition) is 2. The van der Waals surface area contributed by atoms with Crippen molar-refractivity contribution in [2.24, 2.45) is 0 Å². The molecule has 0 bridgehead atoms. The number of hydrogen-bond donors (Lipinski definition) is 2. The number of aromatic carboxylic acids is 1. The van der Waals surface area contributed by atoms with Crippen LogP contribution in [0.25, 0.3) is 0 Å². The van der Waals surface area contributed by atoms with Crippen molar-refractivity contribution in [2.75, 3.05) is 6.54 Å². The number of rotatable bonds is 6. The van der Waals surface area contributed by atoms with Gasteiger partial charge in [0.05, 0.1) is 12.0 Å². The van der Waals surface area contributed by atoms with Gasteiger partial charge < -0.3 is 10.4 Å². The number of benzene rings is 1. The van der Waals surface area contributed by atoms with E-state index < -0.39 is 5.97 Å². The van der Waals surface area contributed by atoms with Crippen LogP contribution >= 0.6 is 0 Å². The molecule has 0 fully saturated rings. The van der Waals surface area contributed by atoms with E-state index >= 15 is 0 Å². The number of carbonyl (C=O) groups is 2. The van der Waals surface area contributed by atoms with Crippen LogP contribution in [0.2, 0.25) is 0 Å². The summed E-state index contributed by atoms with van der Waals surface area (Å²) in [6, 6.07) is 6.51.